The van der Waals surface area contributed by atoms with Gasteiger partial charge in [0.25, 0.3) is 0 Å². The molecule has 0 aliphatic rings. The molecule has 1 amide bonds. The third kappa shape index (κ3) is 8.82. The largest absolute Gasteiger partial charge is 0.444 e. The Morgan fingerprint density at radius 2 is 1.72 bits per heavy atom. The first-order valence-corrected chi connectivity index (χ1v) is 9.54. The molecule has 6 heteroatoms. The van der Waals surface area contributed by atoms with E-state index in [9.17, 15) is 9.59 Å². The highest BCUT2D eigenvalue weighted by atomic mass is 35.5. The summed E-state index contributed by atoms with van der Waals surface area (Å²) in [6.45, 7) is 5.46. The molecule has 0 aliphatic heterocycles. The Balaban J connectivity index is 2.05. The number of benzene rings is 2. The minimum Gasteiger partial charge on any atom is -0.444 e. The predicted octanol–water partition coefficient (Wildman–Crippen LogP) is 4.37. The molecule has 2 aromatic rings. The first-order valence-electron chi connectivity index (χ1n) is 9.17. The van der Waals surface area contributed by atoms with Crippen LogP contribution in [0, 0.1) is 11.8 Å². The van der Waals surface area contributed by atoms with Crippen LogP contribution in [0.15, 0.2) is 54.6 Å². The number of carbonyl (C=O) groups is 2. The van der Waals surface area contributed by atoms with Crippen molar-refractivity contribution in [3.05, 3.63) is 70.7 Å². The summed E-state index contributed by atoms with van der Waals surface area (Å²) in [5, 5.41) is 3.16. The lowest BCUT2D eigenvalue weighted by Crippen LogP contribution is -2.40. The third-order valence-electron chi connectivity index (χ3n) is 3.59. The Morgan fingerprint density at radius 3 is 2.34 bits per heavy atom. The van der Waals surface area contributed by atoms with E-state index < -0.39 is 23.6 Å². The molecule has 0 spiro atoms. The molecule has 2 rings (SSSR count). The molecule has 0 saturated heterocycles. The number of ether oxygens (including phenoxy) is 2. The molecule has 1 unspecified atom stereocenters. The maximum absolute atomic E-state index is 12.6. The van der Waals surface area contributed by atoms with Crippen molar-refractivity contribution in [1.29, 1.82) is 0 Å². The summed E-state index contributed by atoms with van der Waals surface area (Å²) in [6.07, 6.45) is -1.55. The molecule has 2 aromatic carbocycles. The van der Waals surface area contributed by atoms with Gasteiger partial charge >= 0.3 is 6.09 Å². The second-order valence-corrected chi connectivity index (χ2v) is 7.73. The number of alkyl carbamates (subject to hydrolysis) is 1. The van der Waals surface area contributed by atoms with Gasteiger partial charge in [0.2, 0.25) is 5.78 Å². The second kappa shape index (κ2) is 10.7. The Morgan fingerprint density at radius 1 is 1.07 bits per heavy atom. The van der Waals surface area contributed by atoms with Gasteiger partial charge in [-0.2, -0.15) is 0 Å². The number of ketones is 1. The standard InChI is InChI=1S/C23H24ClNO4/c1-23(2,3)29-22(27)25-15-21(28-16-18-7-5-4-6-8-18)20(26)14-11-17-9-12-19(24)13-10-17/h4-10,12-13,21H,15-16H2,1-3H3,(H,25,27). The van der Waals surface area contributed by atoms with E-state index in [4.69, 9.17) is 21.1 Å². The molecule has 0 aliphatic carbocycles. The third-order valence-corrected chi connectivity index (χ3v) is 3.84. The SMILES string of the molecule is CC(C)(C)OC(=O)NCC(OCc1ccccc1)C(=O)C#Cc1ccc(Cl)cc1. The van der Waals surface area contributed by atoms with E-state index in [1.165, 1.54) is 0 Å². The van der Waals surface area contributed by atoms with Crippen LogP contribution in [0.5, 0.6) is 0 Å². The van der Waals surface area contributed by atoms with Crippen molar-refractivity contribution in [2.24, 2.45) is 0 Å². The van der Waals surface area contributed by atoms with Crippen molar-refractivity contribution in [2.45, 2.75) is 39.1 Å². The van der Waals surface area contributed by atoms with E-state index in [1.54, 1.807) is 45.0 Å². The van der Waals surface area contributed by atoms with Crippen LogP contribution in [0.4, 0.5) is 4.79 Å². The number of nitrogens with one attached hydrogen (secondary N) is 1. The Bertz CT molecular complexity index is 877. The number of halogens is 1. The van der Waals surface area contributed by atoms with E-state index in [2.05, 4.69) is 17.2 Å². The Hall–Kier alpha value is -2.81. The van der Waals surface area contributed by atoms with Gasteiger partial charge in [0.05, 0.1) is 13.2 Å². The van der Waals surface area contributed by atoms with E-state index in [0.717, 1.165) is 5.56 Å². The smallest absolute Gasteiger partial charge is 0.407 e. The zero-order valence-corrected chi connectivity index (χ0v) is 17.5. The lowest BCUT2D eigenvalue weighted by Gasteiger charge is -2.21. The number of amides is 1. The van der Waals surface area contributed by atoms with Gasteiger partial charge in [0, 0.05) is 10.6 Å². The fourth-order valence-corrected chi connectivity index (χ4v) is 2.36. The monoisotopic (exact) mass is 413 g/mol. The summed E-state index contributed by atoms with van der Waals surface area (Å²) in [5.74, 6) is 4.93. The fraction of sp³-hybridized carbons (Fsp3) is 0.304. The van der Waals surface area contributed by atoms with Crippen LogP contribution in [0.2, 0.25) is 5.02 Å². The average molecular weight is 414 g/mol. The molecule has 0 saturated carbocycles. The predicted molar refractivity (Wildman–Crippen MR) is 113 cm³/mol. The van der Waals surface area contributed by atoms with Crippen molar-refractivity contribution in [3.8, 4) is 11.8 Å². The first-order chi connectivity index (χ1) is 13.7. The van der Waals surface area contributed by atoms with Crippen molar-refractivity contribution >= 4 is 23.5 Å². The van der Waals surface area contributed by atoms with Crippen molar-refractivity contribution in [2.75, 3.05) is 6.54 Å². The normalized spacial score (nSPS) is 11.7. The first kappa shape index (κ1) is 22.5. The maximum Gasteiger partial charge on any atom is 0.407 e. The van der Waals surface area contributed by atoms with Crippen molar-refractivity contribution in [3.63, 3.8) is 0 Å². The topological polar surface area (TPSA) is 64.6 Å². The van der Waals surface area contributed by atoms with Crippen molar-refractivity contribution in [1.82, 2.24) is 5.32 Å². The second-order valence-electron chi connectivity index (χ2n) is 7.29. The highest BCUT2D eigenvalue weighted by Gasteiger charge is 2.21. The summed E-state index contributed by atoms with van der Waals surface area (Å²) in [5.41, 5.74) is 0.931. The van der Waals surface area contributed by atoms with E-state index in [-0.39, 0.29) is 13.2 Å². The summed E-state index contributed by atoms with van der Waals surface area (Å²) in [6, 6.07) is 16.3. The molecule has 29 heavy (non-hydrogen) atoms. The fourth-order valence-electron chi connectivity index (χ4n) is 2.24. The minimum atomic E-state index is -0.928. The lowest BCUT2D eigenvalue weighted by molar-refractivity contribution is -0.125. The summed E-state index contributed by atoms with van der Waals surface area (Å²) in [4.78, 5) is 24.5. The van der Waals surface area contributed by atoms with Crippen LogP contribution in [-0.2, 0) is 20.9 Å². The molecule has 0 radical (unpaired) electrons. The number of hydrogen-bond acceptors (Lipinski definition) is 4. The van der Waals surface area contributed by atoms with Gasteiger partial charge in [-0.3, -0.25) is 4.79 Å². The molecule has 152 valence electrons. The molecule has 5 nitrogen and oxygen atoms in total. The molecular formula is C23H24ClNO4. The zero-order chi connectivity index (χ0) is 21.3. The van der Waals surface area contributed by atoms with Crippen LogP contribution < -0.4 is 5.32 Å². The quantitative estimate of drug-likeness (QED) is 0.714. The average Bonchev–Trinajstić information content (AvgIpc) is 2.67. The van der Waals surface area contributed by atoms with E-state index >= 15 is 0 Å². The zero-order valence-electron chi connectivity index (χ0n) is 16.7. The number of hydrogen-bond donors (Lipinski definition) is 1. The van der Waals surface area contributed by atoms with Crippen LogP contribution in [0.25, 0.3) is 0 Å². The summed E-state index contributed by atoms with van der Waals surface area (Å²) >= 11 is 5.85. The van der Waals surface area contributed by atoms with Gasteiger partial charge in [-0.1, -0.05) is 47.9 Å². The highest BCUT2D eigenvalue weighted by molar-refractivity contribution is 6.30. The molecule has 1 N–H and O–H groups in total. The van der Waals surface area contributed by atoms with Gasteiger partial charge in [0.1, 0.15) is 11.7 Å². The van der Waals surface area contributed by atoms with Crippen LogP contribution in [0.3, 0.4) is 0 Å². The van der Waals surface area contributed by atoms with Gasteiger partial charge < -0.3 is 14.8 Å². The van der Waals surface area contributed by atoms with Crippen LogP contribution >= 0.6 is 11.6 Å². The van der Waals surface area contributed by atoms with E-state index in [1.807, 2.05) is 30.3 Å². The van der Waals surface area contributed by atoms with Crippen LogP contribution in [0.1, 0.15) is 31.9 Å². The maximum atomic E-state index is 12.6. The summed E-state index contributed by atoms with van der Waals surface area (Å²) < 4.78 is 10.9. The molecule has 0 bridgehead atoms. The minimum absolute atomic E-state index is 0.0458. The number of carbonyl (C=O) groups excluding carboxylic acids is 2. The lowest BCUT2D eigenvalue weighted by atomic mass is 10.2. The van der Waals surface area contributed by atoms with Gasteiger partial charge in [-0.15, -0.1) is 0 Å². The van der Waals surface area contributed by atoms with Gasteiger partial charge in [0.15, 0.2) is 0 Å². The highest BCUT2D eigenvalue weighted by Crippen LogP contribution is 2.09. The van der Waals surface area contributed by atoms with Crippen LogP contribution in [-0.4, -0.2) is 30.1 Å². The molecule has 0 aromatic heterocycles. The number of Topliss-reactive ketones (excluding diaryl/α,β-unsaturated/α-hetero) is 1. The molecular weight excluding hydrogens is 390 g/mol. The summed E-state index contributed by atoms with van der Waals surface area (Å²) in [7, 11) is 0. The van der Waals surface area contributed by atoms with Gasteiger partial charge in [-0.25, -0.2) is 4.79 Å². The van der Waals surface area contributed by atoms with Crippen molar-refractivity contribution < 1.29 is 19.1 Å². The Kier molecular flexibility index (Phi) is 8.26. The number of rotatable bonds is 6. The van der Waals surface area contributed by atoms with Gasteiger partial charge in [-0.05, 0) is 56.5 Å². The van der Waals surface area contributed by atoms with E-state index in [0.29, 0.717) is 10.6 Å². The molecule has 1 atom stereocenters. The molecule has 0 fully saturated rings. The molecule has 0 heterocycles. The Labute approximate surface area is 176 Å².